The molecule has 35 heavy (non-hydrogen) atoms. The van der Waals surface area contributed by atoms with Gasteiger partial charge < -0.3 is 14.5 Å². The van der Waals surface area contributed by atoms with Gasteiger partial charge in [-0.2, -0.15) is 0 Å². The second-order valence-corrected chi connectivity index (χ2v) is 9.40. The summed E-state index contributed by atoms with van der Waals surface area (Å²) in [5.74, 6) is 0. The molecule has 0 N–H and O–H groups in total. The number of hydrogen-bond donors (Lipinski definition) is 0. The summed E-state index contributed by atoms with van der Waals surface area (Å²) in [5, 5.41) is 0. The van der Waals surface area contributed by atoms with Gasteiger partial charge >= 0.3 is 0 Å². The Labute approximate surface area is 227 Å². The molecule has 0 saturated carbocycles. The largest absolute Gasteiger partial charge is 0.382 e. The number of ether oxygens (including phenoxy) is 1. The van der Waals surface area contributed by atoms with Crippen molar-refractivity contribution in [2.45, 2.75) is 159 Å². The first-order valence-corrected chi connectivity index (χ1v) is 15.8. The molecule has 0 rings (SSSR count). The second kappa shape index (κ2) is 50.7. The lowest BCUT2D eigenvalue weighted by Gasteiger charge is -2.14. The van der Waals surface area contributed by atoms with Gasteiger partial charge in [0.25, 0.3) is 0 Å². The van der Waals surface area contributed by atoms with Crippen LogP contribution in [-0.2, 0) is 4.74 Å². The Bertz CT molecular complexity index is 246. The third-order valence-electron chi connectivity index (χ3n) is 5.69. The van der Waals surface area contributed by atoms with Gasteiger partial charge in [0.2, 0.25) is 0 Å². The molecule has 0 heterocycles. The van der Waals surface area contributed by atoms with Crippen LogP contribution in [0.1, 0.15) is 159 Å². The molecule has 0 aromatic carbocycles. The lowest BCUT2D eigenvalue weighted by atomic mass is 10.1. The number of nitrogens with zero attached hydrogens (tertiary/aromatic N) is 2. The van der Waals surface area contributed by atoms with E-state index >= 15 is 0 Å². The molecule has 0 amide bonds. The Balaban J connectivity index is -0.000000111. The molecular formula is C32H76N2O. The molecule has 0 atom stereocenters. The van der Waals surface area contributed by atoms with Gasteiger partial charge in [-0.1, -0.05) is 132 Å². The monoisotopic (exact) mass is 505 g/mol. The maximum absolute atomic E-state index is 4.83. The third-order valence-corrected chi connectivity index (χ3v) is 5.69. The molecule has 0 aliphatic rings. The van der Waals surface area contributed by atoms with Gasteiger partial charge in [-0.15, -0.1) is 0 Å². The summed E-state index contributed by atoms with van der Waals surface area (Å²) in [4.78, 5) is 4.67. The van der Waals surface area contributed by atoms with Crippen molar-refractivity contribution in [1.29, 1.82) is 0 Å². The van der Waals surface area contributed by atoms with Crippen molar-refractivity contribution < 1.29 is 4.74 Å². The summed E-state index contributed by atoms with van der Waals surface area (Å²) >= 11 is 0. The molecule has 3 nitrogen and oxygen atoms in total. The molecule has 220 valence electrons. The average Bonchev–Trinajstić information content (AvgIpc) is 2.88. The van der Waals surface area contributed by atoms with Crippen LogP contribution in [0, 0.1) is 0 Å². The van der Waals surface area contributed by atoms with Crippen molar-refractivity contribution >= 4 is 0 Å². The fraction of sp³-hybridized carbons (Fsp3) is 1.00. The molecular weight excluding hydrogens is 428 g/mol. The average molecular weight is 505 g/mol. The molecule has 3 heteroatoms. The Kier molecular flexibility index (Phi) is 65.0. The van der Waals surface area contributed by atoms with Crippen LogP contribution in [0.2, 0.25) is 0 Å². The van der Waals surface area contributed by atoms with Gasteiger partial charge in [0.05, 0.1) is 0 Å². The molecule has 0 aromatic heterocycles. The number of hydrogen-bond acceptors (Lipinski definition) is 3. The van der Waals surface area contributed by atoms with Crippen LogP contribution >= 0.6 is 0 Å². The van der Waals surface area contributed by atoms with E-state index in [0.717, 1.165) is 26.3 Å². The van der Waals surface area contributed by atoms with Crippen LogP contribution in [0.25, 0.3) is 0 Å². The van der Waals surface area contributed by atoms with Crippen LogP contribution in [0.4, 0.5) is 0 Å². The lowest BCUT2D eigenvalue weighted by Crippen LogP contribution is -2.20. The van der Waals surface area contributed by atoms with Gasteiger partial charge in [-0.25, -0.2) is 0 Å². The predicted molar refractivity (Wildman–Crippen MR) is 167 cm³/mol. The normalized spacial score (nSPS) is 9.77. The molecule has 0 radical (unpaired) electrons. The van der Waals surface area contributed by atoms with Gasteiger partial charge in [-0.05, 0) is 67.0 Å². The van der Waals surface area contributed by atoms with Crippen molar-refractivity contribution in [2.75, 3.05) is 53.5 Å². The van der Waals surface area contributed by atoms with Gasteiger partial charge in [0.1, 0.15) is 0 Å². The molecule has 0 spiro atoms. The van der Waals surface area contributed by atoms with E-state index in [1.807, 2.05) is 13.8 Å². The van der Waals surface area contributed by atoms with E-state index in [1.54, 1.807) is 0 Å². The summed E-state index contributed by atoms with van der Waals surface area (Å²) in [7, 11) is 4.32. The zero-order valence-electron chi connectivity index (χ0n) is 27.4. The Morgan fingerprint density at radius 2 is 0.686 bits per heavy atom. The van der Waals surface area contributed by atoms with Crippen molar-refractivity contribution in [3.63, 3.8) is 0 Å². The predicted octanol–water partition coefficient (Wildman–Crippen LogP) is 10.5. The minimum Gasteiger partial charge on any atom is -0.382 e. The second-order valence-electron chi connectivity index (χ2n) is 9.40. The fourth-order valence-electron chi connectivity index (χ4n) is 2.78. The highest BCUT2D eigenvalue weighted by molar-refractivity contribution is 4.49. The summed E-state index contributed by atoms with van der Waals surface area (Å²) in [6.45, 7) is 28.3. The van der Waals surface area contributed by atoms with E-state index in [2.05, 4.69) is 79.3 Å². The van der Waals surface area contributed by atoms with E-state index in [-0.39, 0.29) is 0 Å². The van der Waals surface area contributed by atoms with Gasteiger partial charge in [0.15, 0.2) is 0 Å². The first kappa shape index (κ1) is 44.8. The fourth-order valence-corrected chi connectivity index (χ4v) is 2.78. The maximum Gasteiger partial charge on any atom is 0.0437 e. The molecule has 0 saturated heterocycles. The highest BCUT2D eigenvalue weighted by Crippen LogP contribution is 2.05. The topological polar surface area (TPSA) is 15.7 Å². The third kappa shape index (κ3) is 71.9. The van der Waals surface area contributed by atoms with E-state index in [0.29, 0.717) is 0 Å². The minimum atomic E-state index is 0.844. The zero-order chi connectivity index (χ0) is 28.0. The maximum atomic E-state index is 4.83. The molecule has 0 unspecified atom stereocenters. The number of unbranched alkanes of at least 4 members (excludes halogenated alkanes) is 10. The Hall–Kier alpha value is -0.120. The Morgan fingerprint density at radius 1 is 0.371 bits per heavy atom. The molecule has 0 bridgehead atoms. The summed E-state index contributed by atoms with van der Waals surface area (Å²) in [6.07, 6.45) is 19.4. The molecule has 0 aromatic rings. The van der Waals surface area contributed by atoms with Crippen LogP contribution < -0.4 is 0 Å². The minimum absolute atomic E-state index is 0.844. The van der Waals surface area contributed by atoms with Crippen molar-refractivity contribution in [1.82, 2.24) is 9.80 Å². The van der Waals surface area contributed by atoms with Crippen LogP contribution in [0.15, 0.2) is 0 Å². The quantitative estimate of drug-likeness (QED) is 0.173. The smallest absolute Gasteiger partial charge is 0.0437 e. The highest BCUT2D eigenvalue weighted by atomic mass is 16.5. The summed E-state index contributed by atoms with van der Waals surface area (Å²) in [6, 6.07) is 0. The summed E-state index contributed by atoms with van der Waals surface area (Å²) < 4.78 is 4.83. The Morgan fingerprint density at radius 3 is 0.857 bits per heavy atom. The van der Waals surface area contributed by atoms with E-state index < -0.39 is 0 Å². The van der Waals surface area contributed by atoms with Crippen LogP contribution in [-0.4, -0.2) is 63.3 Å². The van der Waals surface area contributed by atoms with Crippen molar-refractivity contribution in [3.8, 4) is 0 Å². The lowest BCUT2D eigenvalue weighted by molar-refractivity contribution is 0.162. The standard InChI is InChI=1S/C9H21N.C9H20.C5H13N.C5H12.C4H10O/c1-4-6-8-10(3)9-7-5-2;1-3-5-7-9-8-6-4-2;1-4-6(3)5-2;2*1-3-5-4-2/h4-9H2,1-3H3;3-9H2,1-2H3;4-5H2,1-3H3;3-5H2,1-2H3;3-4H2,1-2H3. The zero-order valence-corrected chi connectivity index (χ0v) is 27.4. The van der Waals surface area contributed by atoms with Gasteiger partial charge in [-0.3, -0.25) is 0 Å². The SMILES string of the molecule is CCCCC.CCCCCCCCC.CCCCN(C)CCCC.CCN(C)CC.CCOCC. The van der Waals surface area contributed by atoms with Gasteiger partial charge in [0, 0.05) is 13.2 Å². The molecule has 0 fully saturated rings. The first-order chi connectivity index (χ1) is 16.9. The highest BCUT2D eigenvalue weighted by Gasteiger charge is 1.94. The van der Waals surface area contributed by atoms with Crippen LogP contribution in [0.5, 0.6) is 0 Å². The summed E-state index contributed by atoms with van der Waals surface area (Å²) in [5.41, 5.74) is 0. The van der Waals surface area contributed by atoms with Crippen molar-refractivity contribution in [3.05, 3.63) is 0 Å². The van der Waals surface area contributed by atoms with E-state index in [9.17, 15) is 0 Å². The van der Waals surface area contributed by atoms with E-state index in [1.165, 1.54) is 103 Å². The van der Waals surface area contributed by atoms with E-state index in [4.69, 9.17) is 4.74 Å². The van der Waals surface area contributed by atoms with Crippen molar-refractivity contribution in [2.24, 2.45) is 0 Å². The number of rotatable bonds is 18. The molecule has 0 aliphatic heterocycles. The molecule has 0 aliphatic carbocycles. The van der Waals surface area contributed by atoms with Crippen LogP contribution in [0.3, 0.4) is 0 Å². The first-order valence-electron chi connectivity index (χ1n) is 15.8.